The van der Waals surface area contributed by atoms with E-state index in [0.29, 0.717) is 0 Å². The molecule has 98 valence electrons. The van der Waals surface area contributed by atoms with Crippen molar-refractivity contribution in [2.24, 2.45) is 0 Å². The molecule has 1 aliphatic rings. The van der Waals surface area contributed by atoms with E-state index < -0.39 is 0 Å². The van der Waals surface area contributed by atoms with E-state index in [9.17, 15) is 4.79 Å². The zero-order chi connectivity index (χ0) is 12.5. The fraction of sp³-hybridized carbons (Fsp3) is 0.786. The van der Waals surface area contributed by atoms with Gasteiger partial charge in [0.05, 0.1) is 4.83 Å². The van der Waals surface area contributed by atoms with Gasteiger partial charge in [0.1, 0.15) is 0 Å². The van der Waals surface area contributed by atoms with Crippen LogP contribution in [0.15, 0.2) is 11.6 Å². The summed E-state index contributed by atoms with van der Waals surface area (Å²) in [6.45, 7) is 2.94. The zero-order valence-corrected chi connectivity index (χ0v) is 12.4. The molecule has 0 aromatic carbocycles. The van der Waals surface area contributed by atoms with Gasteiger partial charge >= 0.3 is 0 Å². The first-order valence-corrected chi connectivity index (χ1v) is 7.75. The maximum absolute atomic E-state index is 11.7. The monoisotopic (exact) mass is 301 g/mol. The minimum Gasteiger partial charge on any atom is -0.355 e. The van der Waals surface area contributed by atoms with E-state index in [4.69, 9.17) is 0 Å². The minimum atomic E-state index is -0.0113. The summed E-state index contributed by atoms with van der Waals surface area (Å²) < 4.78 is 0. The largest absolute Gasteiger partial charge is 0.355 e. The maximum atomic E-state index is 11.7. The van der Waals surface area contributed by atoms with Crippen LogP contribution in [0.4, 0.5) is 0 Å². The minimum absolute atomic E-state index is 0.0113. The third-order valence-corrected chi connectivity index (χ3v) is 4.10. The first kappa shape index (κ1) is 14.7. The summed E-state index contributed by atoms with van der Waals surface area (Å²) in [5, 5.41) is 3.01. The average Bonchev–Trinajstić information content (AvgIpc) is 2.37. The molecule has 3 heteroatoms. The summed E-state index contributed by atoms with van der Waals surface area (Å²) in [5.41, 5.74) is 1.52. The second kappa shape index (κ2) is 8.73. The molecule has 1 unspecified atom stereocenters. The van der Waals surface area contributed by atoms with Gasteiger partial charge in [-0.05, 0) is 38.5 Å². The molecule has 1 rings (SSSR count). The highest BCUT2D eigenvalue weighted by atomic mass is 79.9. The van der Waals surface area contributed by atoms with Crippen LogP contribution in [0, 0.1) is 0 Å². The predicted molar refractivity (Wildman–Crippen MR) is 76.4 cm³/mol. The van der Waals surface area contributed by atoms with Crippen molar-refractivity contribution in [2.75, 3.05) is 6.54 Å². The maximum Gasteiger partial charge on any atom is 0.233 e. The SMILES string of the molecule is CCCCC(Br)C(=O)NCCC1=CCCCC1. The van der Waals surface area contributed by atoms with Crippen LogP contribution < -0.4 is 5.32 Å². The molecule has 1 atom stereocenters. The van der Waals surface area contributed by atoms with E-state index >= 15 is 0 Å². The van der Waals surface area contributed by atoms with E-state index in [2.05, 4.69) is 34.2 Å². The van der Waals surface area contributed by atoms with Crippen molar-refractivity contribution in [3.8, 4) is 0 Å². The predicted octanol–water partition coefficient (Wildman–Crippen LogP) is 3.95. The molecule has 1 amide bonds. The van der Waals surface area contributed by atoms with Gasteiger partial charge < -0.3 is 5.32 Å². The Hall–Kier alpha value is -0.310. The van der Waals surface area contributed by atoms with Crippen LogP contribution in [0.25, 0.3) is 0 Å². The fourth-order valence-electron chi connectivity index (χ4n) is 2.10. The second-order valence-electron chi connectivity index (χ2n) is 4.76. The molecule has 0 radical (unpaired) electrons. The quantitative estimate of drug-likeness (QED) is 0.560. The zero-order valence-electron chi connectivity index (χ0n) is 10.8. The number of halogens is 1. The molecule has 2 nitrogen and oxygen atoms in total. The lowest BCUT2D eigenvalue weighted by molar-refractivity contribution is -0.120. The van der Waals surface area contributed by atoms with Crippen LogP contribution in [0.3, 0.4) is 0 Å². The number of carbonyl (C=O) groups excluding carboxylic acids is 1. The molecule has 17 heavy (non-hydrogen) atoms. The smallest absolute Gasteiger partial charge is 0.233 e. The van der Waals surface area contributed by atoms with E-state index in [1.165, 1.54) is 31.3 Å². The molecule has 0 aliphatic heterocycles. The molecule has 0 saturated carbocycles. The van der Waals surface area contributed by atoms with Crippen LogP contribution in [0.2, 0.25) is 0 Å². The Balaban J connectivity index is 2.12. The van der Waals surface area contributed by atoms with Crippen molar-refractivity contribution < 1.29 is 4.79 Å². The Bertz CT molecular complexity index is 263. The van der Waals surface area contributed by atoms with Gasteiger partial charge in [0.25, 0.3) is 0 Å². The standard InChI is InChI=1S/C14H24BrNO/c1-2-3-9-13(15)14(17)16-11-10-12-7-5-4-6-8-12/h7,13H,2-6,8-11H2,1H3,(H,16,17). The van der Waals surface area contributed by atoms with Crippen LogP contribution in [0.5, 0.6) is 0 Å². The summed E-state index contributed by atoms with van der Waals surface area (Å²) in [6, 6.07) is 0. The summed E-state index contributed by atoms with van der Waals surface area (Å²) in [7, 11) is 0. The third-order valence-electron chi connectivity index (χ3n) is 3.23. The van der Waals surface area contributed by atoms with Gasteiger partial charge in [0.2, 0.25) is 5.91 Å². The van der Waals surface area contributed by atoms with E-state index in [1.807, 2.05) is 0 Å². The first-order chi connectivity index (χ1) is 8.24. The number of nitrogens with one attached hydrogen (secondary N) is 1. The summed E-state index contributed by atoms with van der Waals surface area (Å²) in [5.74, 6) is 0.148. The van der Waals surface area contributed by atoms with Crippen LogP contribution in [-0.4, -0.2) is 17.3 Å². The van der Waals surface area contributed by atoms with Gasteiger partial charge in [-0.3, -0.25) is 4.79 Å². The van der Waals surface area contributed by atoms with Crippen molar-refractivity contribution >= 4 is 21.8 Å². The van der Waals surface area contributed by atoms with Crippen LogP contribution >= 0.6 is 15.9 Å². The first-order valence-electron chi connectivity index (χ1n) is 6.83. The topological polar surface area (TPSA) is 29.1 Å². The average molecular weight is 302 g/mol. The number of allylic oxidation sites excluding steroid dienone is 1. The highest BCUT2D eigenvalue weighted by Gasteiger charge is 2.13. The summed E-state index contributed by atoms with van der Waals surface area (Å²) in [6.07, 6.45) is 11.7. The number of carbonyl (C=O) groups is 1. The summed E-state index contributed by atoms with van der Waals surface area (Å²) >= 11 is 3.44. The van der Waals surface area contributed by atoms with Gasteiger partial charge in [0.15, 0.2) is 0 Å². The lowest BCUT2D eigenvalue weighted by Crippen LogP contribution is -2.32. The molecule has 0 saturated heterocycles. The molecule has 0 spiro atoms. The molecule has 1 N–H and O–H groups in total. The fourth-order valence-corrected chi connectivity index (χ4v) is 2.59. The molecular formula is C14H24BrNO. The van der Waals surface area contributed by atoms with Gasteiger partial charge in [-0.2, -0.15) is 0 Å². The van der Waals surface area contributed by atoms with Gasteiger partial charge in [-0.1, -0.05) is 47.3 Å². The van der Waals surface area contributed by atoms with Gasteiger partial charge in [-0.25, -0.2) is 0 Å². The highest BCUT2D eigenvalue weighted by molar-refractivity contribution is 9.10. The van der Waals surface area contributed by atoms with Crippen molar-refractivity contribution in [3.05, 3.63) is 11.6 Å². The lowest BCUT2D eigenvalue weighted by atomic mass is 9.97. The third kappa shape index (κ3) is 6.25. The van der Waals surface area contributed by atoms with E-state index in [0.717, 1.165) is 32.2 Å². The Morgan fingerprint density at radius 3 is 3.00 bits per heavy atom. The number of hydrogen-bond acceptors (Lipinski definition) is 1. The Labute approximate surface area is 113 Å². The van der Waals surface area contributed by atoms with Crippen molar-refractivity contribution in [3.63, 3.8) is 0 Å². The number of rotatable bonds is 7. The van der Waals surface area contributed by atoms with E-state index in [-0.39, 0.29) is 10.7 Å². The lowest BCUT2D eigenvalue weighted by Gasteiger charge is -2.14. The Morgan fingerprint density at radius 1 is 1.53 bits per heavy atom. The van der Waals surface area contributed by atoms with Crippen LogP contribution in [0.1, 0.15) is 58.3 Å². The van der Waals surface area contributed by atoms with Crippen LogP contribution in [-0.2, 0) is 4.79 Å². The number of alkyl halides is 1. The Morgan fingerprint density at radius 2 is 2.35 bits per heavy atom. The molecule has 0 aromatic rings. The molecule has 0 bridgehead atoms. The number of unbranched alkanes of at least 4 members (excludes halogenated alkanes) is 1. The highest BCUT2D eigenvalue weighted by Crippen LogP contribution is 2.19. The Kier molecular flexibility index (Phi) is 7.58. The molecule has 0 heterocycles. The summed E-state index contributed by atoms with van der Waals surface area (Å²) in [4.78, 5) is 11.7. The molecule has 0 fully saturated rings. The van der Waals surface area contributed by atoms with Crippen molar-refractivity contribution in [1.82, 2.24) is 5.32 Å². The normalized spacial score (nSPS) is 17.4. The molecular weight excluding hydrogens is 278 g/mol. The molecule has 0 aromatic heterocycles. The number of amides is 1. The number of hydrogen-bond donors (Lipinski definition) is 1. The second-order valence-corrected chi connectivity index (χ2v) is 5.86. The van der Waals surface area contributed by atoms with Gasteiger partial charge in [-0.15, -0.1) is 0 Å². The molecule has 1 aliphatic carbocycles. The van der Waals surface area contributed by atoms with E-state index in [1.54, 1.807) is 0 Å². The van der Waals surface area contributed by atoms with Crippen molar-refractivity contribution in [1.29, 1.82) is 0 Å². The van der Waals surface area contributed by atoms with Crippen molar-refractivity contribution in [2.45, 2.75) is 63.1 Å². The van der Waals surface area contributed by atoms with Gasteiger partial charge in [0, 0.05) is 6.54 Å².